The summed E-state index contributed by atoms with van der Waals surface area (Å²) >= 11 is 9.13. The minimum absolute atomic E-state index is 0. The predicted octanol–water partition coefficient (Wildman–Crippen LogP) is 5.82. The SMILES string of the molecule is COc1c(SCCCCl)ccnc1CSc1nc2ccccc2[nH]1.Cl.Cl. The van der Waals surface area contributed by atoms with Gasteiger partial charge in [-0.25, -0.2) is 4.98 Å². The van der Waals surface area contributed by atoms with Gasteiger partial charge in [-0.1, -0.05) is 23.9 Å². The van der Waals surface area contributed by atoms with Crippen LogP contribution in [-0.4, -0.2) is 33.7 Å². The van der Waals surface area contributed by atoms with Gasteiger partial charge in [0.05, 0.1) is 28.7 Å². The lowest BCUT2D eigenvalue weighted by molar-refractivity contribution is 0.398. The lowest BCUT2D eigenvalue weighted by Crippen LogP contribution is -1.97. The average Bonchev–Trinajstić information content (AvgIpc) is 3.03. The van der Waals surface area contributed by atoms with Gasteiger partial charge in [-0.2, -0.15) is 0 Å². The zero-order chi connectivity index (χ0) is 16.8. The first-order valence-electron chi connectivity index (χ1n) is 7.60. The minimum atomic E-state index is 0. The summed E-state index contributed by atoms with van der Waals surface area (Å²) in [5.74, 6) is 3.20. The number of thioether (sulfide) groups is 2. The first-order chi connectivity index (χ1) is 11.8. The van der Waals surface area contributed by atoms with Crippen LogP contribution in [0.25, 0.3) is 11.0 Å². The summed E-state index contributed by atoms with van der Waals surface area (Å²) in [6.45, 7) is 0. The van der Waals surface area contributed by atoms with Gasteiger partial charge in [0, 0.05) is 17.8 Å². The molecule has 0 spiro atoms. The monoisotopic (exact) mass is 451 g/mol. The van der Waals surface area contributed by atoms with E-state index in [1.165, 1.54) is 0 Å². The Morgan fingerprint density at radius 1 is 1.15 bits per heavy atom. The molecule has 1 aromatic carbocycles. The van der Waals surface area contributed by atoms with Gasteiger partial charge >= 0.3 is 0 Å². The van der Waals surface area contributed by atoms with Gasteiger partial charge in [0.25, 0.3) is 0 Å². The van der Waals surface area contributed by atoms with Crippen molar-refractivity contribution in [2.24, 2.45) is 0 Å². The molecule has 3 aromatic rings. The van der Waals surface area contributed by atoms with Crippen LogP contribution >= 0.6 is 59.9 Å². The molecule has 2 heterocycles. The number of hydrogen-bond donors (Lipinski definition) is 1. The Bertz CT molecular complexity index is 784. The maximum absolute atomic E-state index is 5.75. The summed E-state index contributed by atoms with van der Waals surface area (Å²) in [4.78, 5) is 13.5. The molecule has 0 unspecified atom stereocenters. The molecular weight excluding hydrogens is 433 g/mol. The van der Waals surface area contributed by atoms with Crippen molar-refractivity contribution in [1.82, 2.24) is 15.0 Å². The summed E-state index contributed by atoms with van der Waals surface area (Å²) in [7, 11) is 1.69. The van der Waals surface area contributed by atoms with E-state index in [9.17, 15) is 0 Å². The number of imidazole rings is 1. The van der Waals surface area contributed by atoms with Crippen molar-refractivity contribution in [1.29, 1.82) is 0 Å². The molecule has 1 N–H and O–H groups in total. The molecule has 0 aliphatic rings. The molecule has 0 saturated carbocycles. The highest BCUT2D eigenvalue weighted by Crippen LogP contribution is 2.34. The summed E-state index contributed by atoms with van der Waals surface area (Å²) in [6, 6.07) is 10.0. The number of para-hydroxylation sites is 2. The van der Waals surface area contributed by atoms with Crippen LogP contribution in [0.3, 0.4) is 0 Å². The highest BCUT2D eigenvalue weighted by atomic mass is 35.5. The molecule has 9 heteroatoms. The molecule has 2 aromatic heterocycles. The van der Waals surface area contributed by atoms with E-state index in [1.54, 1.807) is 30.6 Å². The number of nitrogens with one attached hydrogen (secondary N) is 1. The van der Waals surface area contributed by atoms with E-state index in [1.807, 2.05) is 36.5 Å². The lowest BCUT2D eigenvalue weighted by Gasteiger charge is -2.11. The van der Waals surface area contributed by atoms with E-state index >= 15 is 0 Å². The molecular formula is C17H20Cl3N3OS2. The van der Waals surface area contributed by atoms with Crippen LogP contribution in [0.2, 0.25) is 0 Å². The molecule has 0 saturated heterocycles. The summed E-state index contributed by atoms with van der Waals surface area (Å²) in [5, 5.41) is 0.889. The minimum Gasteiger partial charge on any atom is -0.494 e. The number of pyridine rings is 1. The van der Waals surface area contributed by atoms with Gasteiger partial charge in [0.2, 0.25) is 0 Å². The number of aromatic amines is 1. The molecule has 142 valence electrons. The normalized spacial score (nSPS) is 10.2. The first-order valence-corrected chi connectivity index (χ1v) is 10.1. The maximum atomic E-state index is 5.75. The standard InChI is InChI=1S/C17H18ClN3OS2.2ClH/c1-22-16-14(19-9-7-15(16)23-10-4-8-18)11-24-17-20-12-5-2-3-6-13(12)21-17;;/h2-3,5-7,9H,4,8,10-11H2,1H3,(H,20,21);2*1H. The number of ether oxygens (including phenoxy) is 1. The third-order valence-electron chi connectivity index (χ3n) is 3.40. The number of nitrogens with zero attached hydrogens (tertiary/aromatic N) is 2. The van der Waals surface area contributed by atoms with E-state index < -0.39 is 0 Å². The van der Waals surface area contributed by atoms with Gasteiger partial charge in [-0.3, -0.25) is 4.98 Å². The number of alkyl halides is 1. The number of aromatic nitrogens is 3. The van der Waals surface area contributed by atoms with Crippen LogP contribution in [0.5, 0.6) is 5.75 Å². The molecule has 0 radical (unpaired) electrons. The topological polar surface area (TPSA) is 50.8 Å². The Morgan fingerprint density at radius 3 is 2.69 bits per heavy atom. The van der Waals surface area contributed by atoms with Gasteiger partial charge in [0.1, 0.15) is 0 Å². The first kappa shape index (κ1) is 23.2. The second-order valence-electron chi connectivity index (χ2n) is 5.03. The lowest BCUT2D eigenvalue weighted by atomic mass is 10.3. The number of fused-ring (bicyclic) bond motifs is 1. The van der Waals surface area contributed by atoms with Gasteiger partial charge in [-0.15, -0.1) is 48.2 Å². The molecule has 4 nitrogen and oxygen atoms in total. The molecule has 0 aliphatic heterocycles. The smallest absolute Gasteiger partial charge is 0.166 e. The Kier molecular flexibility index (Phi) is 10.6. The fraction of sp³-hybridized carbons (Fsp3) is 0.294. The third-order valence-corrected chi connectivity index (χ3v) is 5.67. The van der Waals surface area contributed by atoms with Crippen molar-refractivity contribution in [3.05, 3.63) is 42.2 Å². The highest BCUT2D eigenvalue weighted by Gasteiger charge is 2.12. The summed E-state index contributed by atoms with van der Waals surface area (Å²) < 4.78 is 5.59. The molecule has 26 heavy (non-hydrogen) atoms. The van der Waals surface area contributed by atoms with Crippen molar-refractivity contribution in [3.63, 3.8) is 0 Å². The molecule has 0 bridgehead atoms. The van der Waals surface area contributed by atoms with E-state index in [4.69, 9.17) is 16.3 Å². The van der Waals surface area contributed by atoms with Crippen LogP contribution in [0.15, 0.2) is 46.6 Å². The Morgan fingerprint density at radius 2 is 1.96 bits per heavy atom. The fourth-order valence-corrected chi connectivity index (χ4v) is 4.39. The summed E-state index contributed by atoms with van der Waals surface area (Å²) in [5.41, 5.74) is 2.95. The van der Waals surface area contributed by atoms with Crippen molar-refractivity contribution < 1.29 is 4.74 Å². The largest absolute Gasteiger partial charge is 0.494 e. The van der Waals surface area contributed by atoms with Gasteiger partial charge in [0.15, 0.2) is 10.9 Å². The fourth-order valence-electron chi connectivity index (χ4n) is 2.28. The quantitative estimate of drug-likeness (QED) is 0.265. The summed E-state index contributed by atoms with van der Waals surface area (Å²) in [6.07, 6.45) is 2.81. The average molecular weight is 453 g/mol. The number of benzene rings is 1. The molecule has 3 rings (SSSR count). The van der Waals surface area contributed by atoms with Crippen LogP contribution < -0.4 is 4.74 Å². The van der Waals surface area contributed by atoms with E-state index in [0.717, 1.165) is 44.7 Å². The number of halogens is 3. The van der Waals surface area contributed by atoms with E-state index in [2.05, 4.69) is 15.0 Å². The second kappa shape index (κ2) is 11.8. The molecule has 0 fully saturated rings. The van der Waals surface area contributed by atoms with Crippen molar-refractivity contribution in [2.75, 3.05) is 18.7 Å². The van der Waals surface area contributed by atoms with E-state index in [-0.39, 0.29) is 24.8 Å². The molecule has 0 amide bonds. The Balaban J connectivity index is 0.00000169. The van der Waals surface area contributed by atoms with Crippen LogP contribution in [-0.2, 0) is 5.75 Å². The van der Waals surface area contributed by atoms with Crippen molar-refractivity contribution >= 4 is 71.0 Å². The van der Waals surface area contributed by atoms with Crippen LogP contribution in [0.1, 0.15) is 12.1 Å². The van der Waals surface area contributed by atoms with Gasteiger partial charge in [-0.05, 0) is 30.4 Å². The van der Waals surface area contributed by atoms with Crippen LogP contribution in [0, 0.1) is 0 Å². The predicted molar refractivity (Wildman–Crippen MR) is 117 cm³/mol. The second-order valence-corrected chi connectivity index (χ2v) is 7.51. The van der Waals surface area contributed by atoms with Crippen LogP contribution in [0.4, 0.5) is 0 Å². The number of rotatable bonds is 8. The number of methoxy groups -OCH3 is 1. The van der Waals surface area contributed by atoms with Gasteiger partial charge < -0.3 is 9.72 Å². The number of H-pyrrole nitrogens is 1. The Hall–Kier alpha value is -0.790. The van der Waals surface area contributed by atoms with Crippen molar-refractivity contribution in [3.8, 4) is 5.75 Å². The zero-order valence-corrected chi connectivity index (χ0v) is 18.1. The Labute approximate surface area is 179 Å². The van der Waals surface area contributed by atoms with Crippen molar-refractivity contribution in [2.45, 2.75) is 22.2 Å². The maximum Gasteiger partial charge on any atom is 0.166 e. The highest BCUT2D eigenvalue weighted by molar-refractivity contribution is 7.99. The zero-order valence-electron chi connectivity index (χ0n) is 14.1. The molecule has 0 atom stereocenters. The van der Waals surface area contributed by atoms with E-state index in [0.29, 0.717) is 11.6 Å². The molecule has 0 aliphatic carbocycles. The number of hydrogen-bond acceptors (Lipinski definition) is 5. The third kappa shape index (κ3) is 5.86.